The van der Waals surface area contributed by atoms with Crippen LogP contribution in [0.2, 0.25) is 0 Å². The number of allylic oxidation sites excluding steroid dienone is 1. The van der Waals surface area contributed by atoms with Gasteiger partial charge in [-0.15, -0.1) is 0 Å². The molecular weight excluding hydrogens is 184 g/mol. The molecule has 4 nitrogen and oxygen atoms in total. The summed E-state index contributed by atoms with van der Waals surface area (Å²) in [6, 6.07) is 0. The highest BCUT2D eigenvalue weighted by Gasteiger charge is 2.23. The molecule has 0 aromatic rings. The zero-order valence-corrected chi connectivity index (χ0v) is 8.82. The molecule has 0 bridgehead atoms. The Labute approximate surface area is 83.9 Å². The van der Waals surface area contributed by atoms with Gasteiger partial charge in [0.05, 0.1) is 11.7 Å². The third-order valence-electron chi connectivity index (χ3n) is 2.00. The minimum Gasteiger partial charge on any atom is -0.478 e. The number of carboxylic acids is 1. The Morgan fingerprint density at radius 1 is 1.50 bits per heavy atom. The van der Waals surface area contributed by atoms with E-state index in [-0.39, 0.29) is 0 Å². The van der Waals surface area contributed by atoms with Crippen molar-refractivity contribution in [1.29, 1.82) is 0 Å². The molecule has 1 unspecified atom stereocenters. The predicted molar refractivity (Wildman–Crippen MR) is 52.9 cm³/mol. The van der Waals surface area contributed by atoms with Gasteiger partial charge in [-0.05, 0) is 33.6 Å². The van der Waals surface area contributed by atoms with Gasteiger partial charge in [-0.2, -0.15) is 0 Å². The van der Waals surface area contributed by atoms with E-state index in [2.05, 4.69) is 0 Å². The quantitative estimate of drug-likeness (QED) is 0.579. The maximum atomic E-state index is 10.3. The third-order valence-corrected chi connectivity index (χ3v) is 2.00. The zero-order valence-electron chi connectivity index (χ0n) is 8.82. The molecule has 1 atom stereocenters. The van der Waals surface area contributed by atoms with Crippen molar-refractivity contribution in [2.45, 2.75) is 45.3 Å². The molecule has 14 heavy (non-hydrogen) atoms. The molecule has 0 radical (unpaired) electrons. The maximum Gasteiger partial charge on any atom is 0.328 e. The van der Waals surface area contributed by atoms with Gasteiger partial charge in [0, 0.05) is 6.08 Å². The molecule has 0 spiro atoms. The van der Waals surface area contributed by atoms with Crippen molar-refractivity contribution >= 4 is 5.97 Å². The van der Waals surface area contributed by atoms with Crippen LogP contribution in [-0.4, -0.2) is 33.0 Å². The average Bonchev–Trinajstić information content (AvgIpc) is 1.96. The monoisotopic (exact) mass is 202 g/mol. The average molecular weight is 202 g/mol. The van der Waals surface area contributed by atoms with Crippen molar-refractivity contribution in [2.24, 2.45) is 0 Å². The fraction of sp³-hybridized carbons (Fsp3) is 0.700. The fourth-order valence-corrected chi connectivity index (χ4v) is 1.00. The summed E-state index contributed by atoms with van der Waals surface area (Å²) in [6.07, 6.45) is 1.10. The second-order valence-corrected chi connectivity index (χ2v) is 4.04. The molecule has 0 saturated heterocycles. The number of carbonyl (C=O) groups is 1. The molecule has 0 aliphatic rings. The van der Waals surface area contributed by atoms with E-state index in [0.717, 1.165) is 6.08 Å². The molecule has 82 valence electrons. The summed E-state index contributed by atoms with van der Waals surface area (Å²) in [5.74, 6) is -0.986. The molecule has 4 heteroatoms. The van der Waals surface area contributed by atoms with E-state index in [9.17, 15) is 15.0 Å². The first-order chi connectivity index (χ1) is 6.23. The van der Waals surface area contributed by atoms with E-state index in [0.29, 0.717) is 18.4 Å². The van der Waals surface area contributed by atoms with Crippen LogP contribution in [-0.2, 0) is 4.79 Å². The molecule has 0 aromatic heterocycles. The van der Waals surface area contributed by atoms with Crippen molar-refractivity contribution in [2.75, 3.05) is 0 Å². The zero-order chi connectivity index (χ0) is 11.4. The van der Waals surface area contributed by atoms with E-state index in [1.54, 1.807) is 6.92 Å². The molecule has 0 saturated carbocycles. The van der Waals surface area contributed by atoms with E-state index in [1.165, 1.54) is 13.8 Å². The second-order valence-electron chi connectivity index (χ2n) is 4.04. The first-order valence-corrected chi connectivity index (χ1v) is 4.54. The summed E-state index contributed by atoms with van der Waals surface area (Å²) in [6.45, 7) is 4.73. The number of carboxylic acid groups (broad SMARTS) is 1. The van der Waals surface area contributed by atoms with Gasteiger partial charge < -0.3 is 15.3 Å². The normalized spacial score (nSPS) is 15.4. The molecule has 0 aliphatic heterocycles. The third kappa shape index (κ3) is 5.72. The van der Waals surface area contributed by atoms with Crippen LogP contribution in [0.3, 0.4) is 0 Å². The highest BCUT2D eigenvalue weighted by atomic mass is 16.4. The number of aliphatic carboxylic acids is 1. The minimum atomic E-state index is -1.14. The Bertz CT molecular complexity index is 225. The summed E-state index contributed by atoms with van der Waals surface area (Å²) in [7, 11) is 0. The van der Waals surface area contributed by atoms with Crippen molar-refractivity contribution in [1.82, 2.24) is 0 Å². The van der Waals surface area contributed by atoms with Gasteiger partial charge in [0.15, 0.2) is 0 Å². The van der Waals surface area contributed by atoms with Gasteiger partial charge in [0.25, 0.3) is 0 Å². The van der Waals surface area contributed by atoms with Crippen LogP contribution in [0.25, 0.3) is 0 Å². The van der Waals surface area contributed by atoms with Crippen LogP contribution in [0.5, 0.6) is 0 Å². The molecule has 0 aliphatic carbocycles. The number of hydrogen-bond acceptors (Lipinski definition) is 3. The Morgan fingerprint density at radius 2 is 2.00 bits per heavy atom. The number of aliphatic hydroxyl groups excluding tert-OH is 1. The highest BCUT2D eigenvalue weighted by Crippen LogP contribution is 2.16. The molecule has 0 rings (SSSR count). The lowest BCUT2D eigenvalue weighted by atomic mass is 9.96. The van der Waals surface area contributed by atoms with Crippen molar-refractivity contribution in [3.8, 4) is 0 Å². The van der Waals surface area contributed by atoms with Crippen LogP contribution in [0.4, 0.5) is 0 Å². The van der Waals surface area contributed by atoms with E-state index >= 15 is 0 Å². The molecular formula is C10H18O4. The first-order valence-electron chi connectivity index (χ1n) is 4.54. The van der Waals surface area contributed by atoms with Crippen LogP contribution in [0.15, 0.2) is 11.6 Å². The number of rotatable bonds is 5. The van der Waals surface area contributed by atoms with Crippen molar-refractivity contribution in [3.05, 3.63) is 11.6 Å². The predicted octanol–water partition coefficient (Wildman–Crippen LogP) is 0.929. The summed E-state index contributed by atoms with van der Waals surface area (Å²) in [5, 5.41) is 27.3. The highest BCUT2D eigenvalue weighted by molar-refractivity contribution is 5.80. The van der Waals surface area contributed by atoms with Crippen molar-refractivity contribution in [3.63, 3.8) is 0 Å². The second kappa shape index (κ2) is 5.12. The van der Waals surface area contributed by atoms with Crippen LogP contribution < -0.4 is 0 Å². The minimum absolute atomic E-state index is 0.360. The van der Waals surface area contributed by atoms with Crippen LogP contribution in [0.1, 0.15) is 33.6 Å². The van der Waals surface area contributed by atoms with E-state index in [4.69, 9.17) is 5.11 Å². The maximum absolute atomic E-state index is 10.3. The van der Waals surface area contributed by atoms with Gasteiger partial charge in [-0.25, -0.2) is 4.79 Å². The summed E-state index contributed by atoms with van der Waals surface area (Å²) < 4.78 is 0. The smallest absolute Gasteiger partial charge is 0.328 e. The lowest BCUT2D eigenvalue weighted by Gasteiger charge is -2.24. The van der Waals surface area contributed by atoms with Crippen LogP contribution >= 0.6 is 0 Å². The Morgan fingerprint density at radius 3 is 2.36 bits per heavy atom. The molecule has 0 heterocycles. The molecule has 0 amide bonds. The Balaban J connectivity index is 4.01. The van der Waals surface area contributed by atoms with Gasteiger partial charge >= 0.3 is 5.97 Å². The Hall–Kier alpha value is -0.870. The standard InChI is InChI=1S/C10H18O4/c1-7(6-9(12)13)4-5-8(11)10(2,3)14/h6,8,11,14H,4-5H2,1-3H3,(H,12,13)/b7-6+. The number of aliphatic hydroxyl groups is 2. The fourth-order valence-electron chi connectivity index (χ4n) is 1.00. The molecule has 3 N–H and O–H groups in total. The van der Waals surface area contributed by atoms with E-state index < -0.39 is 17.7 Å². The lowest BCUT2D eigenvalue weighted by molar-refractivity contribution is -0.131. The van der Waals surface area contributed by atoms with Gasteiger partial charge in [-0.3, -0.25) is 0 Å². The Kier molecular flexibility index (Phi) is 4.80. The largest absolute Gasteiger partial charge is 0.478 e. The lowest BCUT2D eigenvalue weighted by Crippen LogP contribution is -2.35. The van der Waals surface area contributed by atoms with E-state index in [1.807, 2.05) is 0 Å². The van der Waals surface area contributed by atoms with Gasteiger partial charge in [0.2, 0.25) is 0 Å². The van der Waals surface area contributed by atoms with Crippen molar-refractivity contribution < 1.29 is 20.1 Å². The summed E-state index contributed by atoms with van der Waals surface area (Å²) >= 11 is 0. The molecule has 0 aromatic carbocycles. The van der Waals surface area contributed by atoms with Crippen LogP contribution in [0, 0.1) is 0 Å². The SMILES string of the molecule is C/C(=C\C(=O)O)CCC(O)C(C)(C)O. The van der Waals surface area contributed by atoms with Gasteiger partial charge in [0.1, 0.15) is 0 Å². The molecule has 0 fully saturated rings. The number of hydrogen-bond donors (Lipinski definition) is 3. The summed E-state index contributed by atoms with van der Waals surface area (Å²) in [4.78, 5) is 10.3. The topological polar surface area (TPSA) is 77.8 Å². The summed E-state index contributed by atoms with van der Waals surface area (Å²) in [5.41, 5.74) is -0.454. The first kappa shape index (κ1) is 13.1. The van der Waals surface area contributed by atoms with Gasteiger partial charge in [-0.1, -0.05) is 5.57 Å².